The molecule has 0 nitrogen and oxygen atoms in total. The van der Waals surface area contributed by atoms with Crippen LogP contribution in [-0.4, -0.2) is 0 Å². The smallest absolute Gasteiger partial charge is 0.123 e. The summed E-state index contributed by atoms with van der Waals surface area (Å²) in [6.45, 7) is 2.05. The van der Waals surface area contributed by atoms with Crippen molar-refractivity contribution in [3.63, 3.8) is 0 Å². The fraction of sp³-hybridized carbons (Fsp3) is 0.0667. The maximum Gasteiger partial charge on any atom is 0.123 e. The monoisotopic (exact) mass is 210 g/mol. The van der Waals surface area contributed by atoms with Gasteiger partial charge in [-0.2, -0.15) is 0 Å². The highest BCUT2D eigenvalue weighted by Crippen LogP contribution is 2.26. The number of fused-ring (bicyclic) bond motifs is 3. The van der Waals surface area contributed by atoms with Crippen molar-refractivity contribution in [1.82, 2.24) is 0 Å². The van der Waals surface area contributed by atoms with Gasteiger partial charge in [-0.3, -0.25) is 0 Å². The van der Waals surface area contributed by atoms with Gasteiger partial charge in [-0.05, 0) is 40.6 Å². The summed E-state index contributed by atoms with van der Waals surface area (Å²) in [5, 5.41) is 4.35. The zero-order valence-electron chi connectivity index (χ0n) is 9.00. The molecule has 0 aliphatic carbocycles. The molecule has 0 aliphatic rings. The molecule has 0 aromatic heterocycles. The van der Waals surface area contributed by atoms with Crippen LogP contribution in [0.4, 0.5) is 4.39 Å². The van der Waals surface area contributed by atoms with Crippen molar-refractivity contribution in [3.05, 3.63) is 59.9 Å². The van der Waals surface area contributed by atoms with Gasteiger partial charge in [0, 0.05) is 0 Å². The first-order valence-corrected chi connectivity index (χ1v) is 5.33. The van der Waals surface area contributed by atoms with Crippen LogP contribution in [0.2, 0.25) is 0 Å². The zero-order valence-corrected chi connectivity index (χ0v) is 9.00. The topological polar surface area (TPSA) is 0 Å². The van der Waals surface area contributed by atoms with Crippen molar-refractivity contribution >= 4 is 21.5 Å². The Hall–Kier alpha value is -1.89. The van der Waals surface area contributed by atoms with Crippen molar-refractivity contribution in [2.75, 3.05) is 0 Å². The molecule has 0 amide bonds. The van der Waals surface area contributed by atoms with E-state index >= 15 is 0 Å². The molecule has 1 heteroatoms. The summed E-state index contributed by atoms with van der Waals surface area (Å²) in [6.07, 6.45) is 0. The molecule has 0 N–H and O–H groups in total. The van der Waals surface area contributed by atoms with Crippen LogP contribution in [0.1, 0.15) is 5.56 Å². The summed E-state index contributed by atoms with van der Waals surface area (Å²) in [5.41, 5.74) is 1.20. The minimum atomic E-state index is -0.179. The quantitative estimate of drug-likeness (QED) is 0.481. The molecule has 0 spiro atoms. The fourth-order valence-corrected chi connectivity index (χ4v) is 2.14. The summed E-state index contributed by atoms with van der Waals surface area (Å²) in [4.78, 5) is 0. The van der Waals surface area contributed by atoms with Gasteiger partial charge in [0.1, 0.15) is 5.82 Å². The third kappa shape index (κ3) is 1.36. The predicted octanol–water partition coefficient (Wildman–Crippen LogP) is 4.44. The lowest BCUT2D eigenvalue weighted by molar-refractivity contribution is 0.630. The highest BCUT2D eigenvalue weighted by molar-refractivity contribution is 6.07. The maximum absolute atomic E-state index is 13.3. The second kappa shape index (κ2) is 3.31. The highest BCUT2D eigenvalue weighted by Gasteiger charge is 2.01. The standard InChI is InChI=1S/C15H11F/c1-10-2-3-11-4-5-12-6-7-13(16)9-15(12)14(11)8-10/h2-9H,1H3. The molecule has 0 unspecified atom stereocenters. The van der Waals surface area contributed by atoms with E-state index in [0.29, 0.717) is 0 Å². The molecule has 3 aromatic carbocycles. The molecule has 0 saturated carbocycles. The minimum Gasteiger partial charge on any atom is -0.207 e. The lowest BCUT2D eigenvalue weighted by Crippen LogP contribution is -1.81. The van der Waals surface area contributed by atoms with E-state index in [2.05, 4.69) is 31.2 Å². The lowest BCUT2D eigenvalue weighted by Gasteiger charge is -2.05. The Kier molecular flexibility index (Phi) is 1.93. The van der Waals surface area contributed by atoms with Crippen LogP contribution < -0.4 is 0 Å². The summed E-state index contributed by atoms with van der Waals surface area (Å²) < 4.78 is 13.3. The SMILES string of the molecule is Cc1ccc2ccc3ccc(F)cc3c2c1. The van der Waals surface area contributed by atoms with E-state index in [4.69, 9.17) is 0 Å². The summed E-state index contributed by atoms with van der Waals surface area (Å²) >= 11 is 0. The first kappa shape index (κ1) is 9.34. The predicted molar refractivity (Wildman–Crippen MR) is 66.1 cm³/mol. The molecule has 16 heavy (non-hydrogen) atoms. The van der Waals surface area contributed by atoms with Crippen LogP contribution in [0.5, 0.6) is 0 Å². The van der Waals surface area contributed by atoms with E-state index in [1.807, 2.05) is 12.1 Å². The largest absolute Gasteiger partial charge is 0.207 e. The summed E-state index contributed by atoms with van der Waals surface area (Å²) in [6, 6.07) is 15.3. The summed E-state index contributed by atoms with van der Waals surface area (Å²) in [7, 11) is 0. The van der Waals surface area contributed by atoms with E-state index in [1.165, 1.54) is 11.6 Å². The lowest BCUT2D eigenvalue weighted by atomic mass is 10.0. The molecule has 0 heterocycles. The van der Waals surface area contributed by atoms with Crippen molar-refractivity contribution in [3.8, 4) is 0 Å². The Labute approximate surface area is 93.3 Å². The molecule has 78 valence electrons. The number of hydrogen-bond acceptors (Lipinski definition) is 0. The average molecular weight is 210 g/mol. The van der Waals surface area contributed by atoms with E-state index in [0.717, 1.165) is 21.5 Å². The van der Waals surface area contributed by atoms with Gasteiger partial charge in [-0.1, -0.05) is 42.0 Å². The molecule has 0 saturated heterocycles. The van der Waals surface area contributed by atoms with Gasteiger partial charge in [0.05, 0.1) is 0 Å². The van der Waals surface area contributed by atoms with Gasteiger partial charge in [0.15, 0.2) is 0 Å². The first-order valence-electron chi connectivity index (χ1n) is 5.33. The van der Waals surface area contributed by atoms with Crippen molar-refractivity contribution < 1.29 is 4.39 Å². The molecule has 0 atom stereocenters. The van der Waals surface area contributed by atoms with E-state index in [-0.39, 0.29) is 5.82 Å². The average Bonchev–Trinajstić information content (AvgIpc) is 2.29. The molecule has 0 fully saturated rings. The molecular weight excluding hydrogens is 199 g/mol. The fourth-order valence-electron chi connectivity index (χ4n) is 2.14. The Morgan fingerprint density at radius 1 is 0.750 bits per heavy atom. The normalized spacial score (nSPS) is 11.1. The number of aryl methyl sites for hydroxylation is 1. The minimum absolute atomic E-state index is 0.179. The zero-order chi connectivity index (χ0) is 11.1. The molecule has 3 rings (SSSR count). The summed E-state index contributed by atoms with van der Waals surface area (Å²) in [5.74, 6) is -0.179. The van der Waals surface area contributed by atoms with Crippen LogP contribution in [0, 0.1) is 12.7 Å². The van der Waals surface area contributed by atoms with Gasteiger partial charge < -0.3 is 0 Å². The molecule has 0 bridgehead atoms. The first-order chi connectivity index (χ1) is 7.74. The number of hydrogen-bond donors (Lipinski definition) is 0. The maximum atomic E-state index is 13.3. The van der Waals surface area contributed by atoms with Gasteiger partial charge in [-0.15, -0.1) is 0 Å². The van der Waals surface area contributed by atoms with E-state index in [9.17, 15) is 4.39 Å². The van der Waals surface area contributed by atoms with Crippen LogP contribution in [0.3, 0.4) is 0 Å². The Morgan fingerprint density at radius 3 is 2.06 bits per heavy atom. The highest BCUT2D eigenvalue weighted by atomic mass is 19.1. The second-order valence-corrected chi connectivity index (χ2v) is 4.16. The Bertz CT molecular complexity index is 623. The molecule has 0 radical (unpaired) electrons. The van der Waals surface area contributed by atoms with Crippen LogP contribution >= 0.6 is 0 Å². The van der Waals surface area contributed by atoms with E-state index < -0.39 is 0 Å². The third-order valence-corrected chi connectivity index (χ3v) is 2.96. The van der Waals surface area contributed by atoms with Crippen LogP contribution in [0.25, 0.3) is 21.5 Å². The number of rotatable bonds is 0. The molecule has 0 aliphatic heterocycles. The van der Waals surface area contributed by atoms with E-state index in [1.54, 1.807) is 6.07 Å². The molecule has 3 aromatic rings. The van der Waals surface area contributed by atoms with Crippen LogP contribution in [0.15, 0.2) is 48.5 Å². The van der Waals surface area contributed by atoms with Crippen molar-refractivity contribution in [1.29, 1.82) is 0 Å². The number of halogens is 1. The van der Waals surface area contributed by atoms with Gasteiger partial charge >= 0.3 is 0 Å². The van der Waals surface area contributed by atoms with Crippen molar-refractivity contribution in [2.24, 2.45) is 0 Å². The van der Waals surface area contributed by atoms with Crippen LogP contribution in [-0.2, 0) is 0 Å². The Balaban J connectivity index is 2.55. The van der Waals surface area contributed by atoms with Gasteiger partial charge in [-0.25, -0.2) is 4.39 Å². The third-order valence-electron chi connectivity index (χ3n) is 2.96. The molecular formula is C15H11F. The number of benzene rings is 3. The van der Waals surface area contributed by atoms with Crippen molar-refractivity contribution in [2.45, 2.75) is 6.92 Å². The van der Waals surface area contributed by atoms with Gasteiger partial charge in [0.25, 0.3) is 0 Å². The second-order valence-electron chi connectivity index (χ2n) is 4.16. The van der Waals surface area contributed by atoms with Gasteiger partial charge in [0.2, 0.25) is 0 Å². The Morgan fingerprint density at radius 2 is 1.31 bits per heavy atom.